The van der Waals surface area contributed by atoms with Gasteiger partial charge in [0.25, 0.3) is 0 Å². The molecule has 0 saturated carbocycles. The maximum Gasteiger partial charge on any atom is 2.00 e. The van der Waals surface area contributed by atoms with E-state index < -0.39 is 0 Å². The second kappa shape index (κ2) is 12.8. The van der Waals surface area contributed by atoms with E-state index >= 15 is 0 Å². The van der Waals surface area contributed by atoms with Gasteiger partial charge in [0, 0.05) is 0 Å². The van der Waals surface area contributed by atoms with Gasteiger partial charge in [0.1, 0.15) is 0 Å². The van der Waals surface area contributed by atoms with Gasteiger partial charge >= 0.3 is 23.1 Å². The van der Waals surface area contributed by atoms with Crippen LogP contribution in [0, 0.1) is 0 Å². The third kappa shape index (κ3) is 31.3. The van der Waals surface area contributed by atoms with Crippen molar-refractivity contribution in [3.05, 3.63) is 10.6 Å². The van der Waals surface area contributed by atoms with Gasteiger partial charge in [-0.05, 0) is 0 Å². The molecule has 0 aromatic rings. The van der Waals surface area contributed by atoms with Gasteiger partial charge in [-0.15, -0.1) is 24.2 Å². The average Bonchev–Trinajstić information content (AvgIpc) is 1.79. The summed E-state index contributed by atoms with van der Waals surface area (Å²) < 4.78 is 0. The minimum atomic E-state index is 0. The molecule has 0 fully saturated rings. The van der Waals surface area contributed by atoms with E-state index in [2.05, 4.69) is 66.0 Å². The zero-order chi connectivity index (χ0) is 11.7. The molecule has 0 radical (unpaired) electrons. The maximum atomic E-state index is 4.28. The molecule has 88 valence electrons. The van der Waals surface area contributed by atoms with Gasteiger partial charge in [-0.2, -0.15) is 0 Å². The maximum absolute atomic E-state index is 4.28. The Morgan fingerprint density at radius 1 is 0.467 bits per heavy atom. The molecular weight excluding hydrogens is 196 g/mol. The fraction of sp³-hybridized carbons (Fsp3) is 1.00. The molecule has 0 spiro atoms. The standard InChI is InChI=1S/2C6H14N.Mg/c2*1-5(2)7-6(3)4;/h2*5-6H,1-4H3;/q2*-1;+2. The molecule has 2 nitrogen and oxygen atoms in total. The first-order chi connectivity index (χ1) is 6.25. The first-order valence-electron chi connectivity index (χ1n) is 5.65. The summed E-state index contributed by atoms with van der Waals surface area (Å²) in [6.45, 7) is 16.8. The van der Waals surface area contributed by atoms with Gasteiger partial charge in [-0.25, -0.2) is 0 Å². The molecule has 0 N–H and O–H groups in total. The summed E-state index contributed by atoms with van der Waals surface area (Å²) >= 11 is 0. The van der Waals surface area contributed by atoms with E-state index in [1.54, 1.807) is 0 Å². The van der Waals surface area contributed by atoms with Crippen molar-refractivity contribution in [3.8, 4) is 0 Å². The molecule has 0 aromatic carbocycles. The van der Waals surface area contributed by atoms with E-state index in [9.17, 15) is 0 Å². The Balaban J connectivity index is -0.000000180. The zero-order valence-electron chi connectivity index (χ0n) is 11.9. The predicted molar refractivity (Wildman–Crippen MR) is 73.0 cm³/mol. The monoisotopic (exact) mass is 224 g/mol. The van der Waals surface area contributed by atoms with Crippen molar-refractivity contribution in [1.82, 2.24) is 0 Å². The van der Waals surface area contributed by atoms with E-state index in [0.29, 0.717) is 24.2 Å². The number of hydrogen-bond donors (Lipinski definition) is 0. The summed E-state index contributed by atoms with van der Waals surface area (Å²) in [5.74, 6) is 0. The molecule has 3 heteroatoms. The summed E-state index contributed by atoms with van der Waals surface area (Å²) in [6, 6.07) is 2.00. The number of rotatable bonds is 4. The first-order valence-corrected chi connectivity index (χ1v) is 5.65. The molecule has 0 atom stereocenters. The summed E-state index contributed by atoms with van der Waals surface area (Å²) in [7, 11) is 0. The molecule has 0 saturated heterocycles. The molecule has 0 heterocycles. The van der Waals surface area contributed by atoms with Crippen LogP contribution in [0.3, 0.4) is 0 Å². The Morgan fingerprint density at radius 3 is 0.600 bits per heavy atom. The molecule has 0 rings (SSSR count). The van der Waals surface area contributed by atoms with Crippen LogP contribution in [0.25, 0.3) is 10.6 Å². The van der Waals surface area contributed by atoms with Crippen LogP contribution in [-0.4, -0.2) is 47.2 Å². The molecule has 0 aliphatic carbocycles. The summed E-state index contributed by atoms with van der Waals surface area (Å²) in [6.07, 6.45) is 0. The number of hydrogen-bond acceptors (Lipinski definition) is 0. The fourth-order valence-corrected chi connectivity index (χ4v) is 1.19. The Kier molecular flexibility index (Phi) is 17.9. The third-order valence-corrected chi connectivity index (χ3v) is 1.19. The van der Waals surface area contributed by atoms with Crippen LogP contribution < -0.4 is 0 Å². The Labute approximate surface area is 113 Å². The molecule has 0 amide bonds. The Hall–Kier alpha value is 0.686. The van der Waals surface area contributed by atoms with Crippen LogP contribution in [0.15, 0.2) is 0 Å². The molecule has 0 unspecified atom stereocenters. The van der Waals surface area contributed by atoms with Crippen molar-refractivity contribution in [2.75, 3.05) is 0 Å². The van der Waals surface area contributed by atoms with Gasteiger partial charge in [-0.3, -0.25) is 0 Å². The van der Waals surface area contributed by atoms with E-state index in [1.165, 1.54) is 0 Å². The van der Waals surface area contributed by atoms with Gasteiger partial charge in [0.05, 0.1) is 0 Å². The van der Waals surface area contributed by atoms with Gasteiger partial charge in [0.15, 0.2) is 0 Å². The Morgan fingerprint density at radius 2 is 0.600 bits per heavy atom. The second-order valence-electron chi connectivity index (χ2n) is 4.67. The molecular formula is C12H28MgN2. The molecule has 0 aliphatic heterocycles. The normalized spacial score (nSPS) is 10.4. The van der Waals surface area contributed by atoms with Gasteiger partial charge in [0.2, 0.25) is 0 Å². The average molecular weight is 225 g/mol. The topological polar surface area (TPSA) is 28.2 Å². The van der Waals surface area contributed by atoms with Crippen LogP contribution in [0.1, 0.15) is 55.4 Å². The molecule has 15 heavy (non-hydrogen) atoms. The van der Waals surface area contributed by atoms with E-state index in [1.807, 2.05) is 0 Å². The minimum absolute atomic E-state index is 0. The second-order valence-corrected chi connectivity index (χ2v) is 4.67. The summed E-state index contributed by atoms with van der Waals surface area (Å²) in [4.78, 5) is 0. The summed E-state index contributed by atoms with van der Waals surface area (Å²) in [5, 5.41) is 8.56. The van der Waals surface area contributed by atoms with E-state index in [0.717, 1.165) is 0 Å². The van der Waals surface area contributed by atoms with Gasteiger partial charge in [-0.1, -0.05) is 55.4 Å². The van der Waals surface area contributed by atoms with Crippen LogP contribution in [0.2, 0.25) is 0 Å². The molecule has 0 aliphatic rings. The van der Waals surface area contributed by atoms with Crippen molar-refractivity contribution in [3.63, 3.8) is 0 Å². The van der Waals surface area contributed by atoms with Crippen molar-refractivity contribution in [2.24, 2.45) is 0 Å². The largest absolute Gasteiger partial charge is 2.00 e. The quantitative estimate of drug-likeness (QED) is 0.647. The smallest absolute Gasteiger partial charge is 0.658 e. The minimum Gasteiger partial charge on any atom is -0.658 e. The van der Waals surface area contributed by atoms with Crippen LogP contribution in [-0.2, 0) is 0 Å². The SMILES string of the molecule is CC(C)[N-]C(C)C.CC(C)[N-]C(C)C.[Mg+2]. The predicted octanol–water partition coefficient (Wildman–Crippen LogP) is 3.97. The van der Waals surface area contributed by atoms with Crippen LogP contribution >= 0.6 is 0 Å². The third-order valence-electron chi connectivity index (χ3n) is 1.19. The van der Waals surface area contributed by atoms with Crippen molar-refractivity contribution in [1.29, 1.82) is 0 Å². The molecule has 0 aromatic heterocycles. The Bertz CT molecular complexity index is 86.2. The van der Waals surface area contributed by atoms with E-state index in [4.69, 9.17) is 0 Å². The van der Waals surface area contributed by atoms with Crippen LogP contribution in [0.4, 0.5) is 0 Å². The zero-order valence-corrected chi connectivity index (χ0v) is 13.3. The first kappa shape index (κ1) is 21.0. The van der Waals surface area contributed by atoms with E-state index in [-0.39, 0.29) is 23.1 Å². The van der Waals surface area contributed by atoms with Crippen molar-refractivity contribution >= 4 is 23.1 Å². The van der Waals surface area contributed by atoms with Crippen molar-refractivity contribution < 1.29 is 0 Å². The fourth-order valence-electron chi connectivity index (χ4n) is 1.19. The van der Waals surface area contributed by atoms with Gasteiger partial charge < -0.3 is 10.6 Å². The summed E-state index contributed by atoms with van der Waals surface area (Å²) in [5.41, 5.74) is 0. The van der Waals surface area contributed by atoms with Crippen LogP contribution in [0.5, 0.6) is 0 Å². The van der Waals surface area contributed by atoms with Crippen molar-refractivity contribution in [2.45, 2.75) is 79.6 Å². The number of nitrogens with zero attached hydrogens (tertiary/aromatic N) is 2. The molecule has 0 bridgehead atoms.